The van der Waals surface area contributed by atoms with E-state index in [0.29, 0.717) is 6.54 Å². The van der Waals surface area contributed by atoms with Gasteiger partial charge in [-0.2, -0.15) is 5.10 Å². The molecule has 1 N–H and O–H groups in total. The van der Waals surface area contributed by atoms with Crippen LogP contribution >= 0.6 is 0 Å². The maximum absolute atomic E-state index is 10.9. The summed E-state index contributed by atoms with van der Waals surface area (Å²) in [6, 6.07) is 8.91. The first-order chi connectivity index (χ1) is 8.20. The summed E-state index contributed by atoms with van der Waals surface area (Å²) in [7, 11) is 1.60. The number of aromatic nitrogens is 2. The number of nitrogens with zero attached hydrogens (tertiary/aromatic N) is 2. The van der Waals surface area contributed by atoms with Crippen LogP contribution in [0.5, 0.6) is 5.75 Å². The fourth-order valence-corrected chi connectivity index (χ4v) is 1.54. The highest BCUT2D eigenvalue weighted by Gasteiger charge is 2.09. The Morgan fingerprint density at radius 2 is 2.06 bits per heavy atom. The summed E-state index contributed by atoms with van der Waals surface area (Å²) in [5.74, 6) is -0.205. The summed E-state index contributed by atoms with van der Waals surface area (Å²) in [6.07, 6.45) is 1.48. The average Bonchev–Trinajstić information content (AvgIpc) is 2.78. The first kappa shape index (κ1) is 11.2. The highest BCUT2D eigenvalue weighted by Crippen LogP contribution is 2.12. The summed E-state index contributed by atoms with van der Waals surface area (Å²) in [6.45, 7) is 0.429. The first-order valence-corrected chi connectivity index (χ1v) is 5.09. The number of benzene rings is 1. The number of hydrogen-bond donors (Lipinski definition) is 1. The summed E-state index contributed by atoms with van der Waals surface area (Å²) in [4.78, 5) is 10.9. The molecule has 0 bridgehead atoms. The molecule has 1 aromatic carbocycles. The van der Waals surface area contributed by atoms with Crippen molar-refractivity contribution in [2.45, 2.75) is 6.54 Å². The molecule has 0 aliphatic rings. The van der Waals surface area contributed by atoms with Crippen molar-refractivity contribution in [2.24, 2.45) is 0 Å². The van der Waals surface area contributed by atoms with Crippen molar-refractivity contribution in [2.75, 3.05) is 7.11 Å². The standard InChI is InChI=1S/C12H12N2O3/c1-17-10-4-2-9(3-5-10)8-14-11(12(15)16)6-7-13-14/h2-7H,8H2,1H3,(H,15,16). The van der Waals surface area contributed by atoms with Crippen LogP contribution in [0, 0.1) is 0 Å². The lowest BCUT2D eigenvalue weighted by Gasteiger charge is -2.05. The van der Waals surface area contributed by atoms with Crippen molar-refractivity contribution in [3.05, 3.63) is 47.8 Å². The lowest BCUT2D eigenvalue weighted by atomic mass is 10.2. The van der Waals surface area contributed by atoms with Crippen LogP contribution in [0.25, 0.3) is 0 Å². The number of rotatable bonds is 4. The van der Waals surface area contributed by atoms with E-state index in [1.54, 1.807) is 7.11 Å². The Hall–Kier alpha value is -2.30. The van der Waals surface area contributed by atoms with Gasteiger partial charge in [0.2, 0.25) is 0 Å². The van der Waals surface area contributed by atoms with Crippen LogP contribution in [0.4, 0.5) is 0 Å². The predicted octanol–water partition coefficient (Wildman–Crippen LogP) is 1.64. The molecule has 0 unspecified atom stereocenters. The van der Waals surface area contributed by atoms with E-state index in [1.165, 1.54) is 16.9 Å². The van der Waals surface area contributed by atoms with E-state index >= 15 is 0 Å². The van der Waals surface area contributed by atoms with Crippen LogP contribution in [0.3, 0.4) is 0 Å². The number of carboxylic acid groups (broad SMARTS) is 1. The average molecular weight is 232 g/mol. The molecule has 0 saturated carbocycles. The highest BCUT2D eigenvalue weighted by atomic mass is 16.5. The zero-order chi connectivity index (χ0) is 12.3. The zero-order valence-electron chi connectivity index (χ0n) is 9.33. The summed E-state index contributed by atoms with van der Waals surface area (Å²) >= 11 is 0. The minimum atomic E-state index is -0.976. The number of methoxy groups -OCH3 is 1. The molecule has 5 heteroatoms. The Balaban J connectivity index is 2.19. The number of carboxylic acids is 1. The third-order valence-corrected chi connectivity index (χ3v) is 2.43. The van der Waals surface area contributed by atoms with Gasteiger partial charge in [-0.15, -0.1) is 0 Å². The zero-order valence-corrected chi connectivity index (χ0v) is 9.33. The molecule has 2 aromatic rings. The maximum Gasteiger partial charge on any atom is 0.354 e. The van der Waals surface area contributed by atoms with Gasteiger partial charge in [-0.05, 0) is 23.8 Å². The summed E-state index contributed by atoms with van der Waals surface area (Å²) in [5.41, 5.74) is 1.15. The van der Waals surface area contributed by atoms with Crippen LogP contribution in [-0.2, 0) is 6.54 Å². The van der Waals surface area contributed by atoms with Crippen LogP contribution in [-0.4, -0.2) is 28.0 Å². The number of ether oxygens (including phenoxy) is 1. The summed E-state index contributed by atoms with van der Waals surface area (Å²) in [5, 5.41) is 12.9. The van der Waals surface area contributed by atoms with Crippen molar-refractivity contribution < 1.29 is 14.6 Å². The molecule has 17 heavy (non-hydrogen) atoms. The number of hydrogen-bond acceptors (Lipinski definition) is 3. The quantitative estimate of drug-likeness (QED) is 0.870. The second kappa shape index (κ2) is 4.69. The van der Waals surface area contributed by atoms with Crippen molar-refractivity contribution in [1.82, 2.24) is 9.78 Å². The minimum absolute atomic E-state index is 0.181. The van der Waals surface area contributed by atoms with Crippen LogP contribution in [0.2, 0.25) is 0 Å². The molecule has 0 fully saturated rings. The fraction of sp³-hybridized carbons (Fsp3) is 0.167. The Morgan fingerprint density at radius 1 is 1.35 bits per heavy atom. The van der Waals surface area contributed by atoms with Gasteiger partial charge in [-0.1, -0.05) is 12.1 Å². The molecule has 1 heterocycles. The van der Waals surface area contributed by atoms with Crippen molar-refractivity contribution >= 4 is 5.97 Å². The molecular weight excluding hydrogens is 220 g/mol. The SMILES string of the molecule is COc1ccc(Cn2nccc2C(=O)O)cc1. The van der Waals surface area contributed by atoms with Gasteiger partial charge in [0, 0.05) is 6.20 Å². The Bertz CT molecular complexity index is 517. The van der Waals surface area contributed by atoms with Gasteiger partial charge in [0.05, 0.1) is 13.7 Å². The molecule has 0 amide bonds. The third-order valence-electron chi connectivity index (χ3n) is 2.43. The summed E-state index contributed by atoms with van der Waals surface area (Å²) < 4.78 is 6.50. The molecule has 0 aliphatic heterocycles. The Labute approximate surface area is 98.3 Å². The van der Waals surface area contributed by atoms with E-state index in [4.69, 9.17) is 9.84 Å². The van der Waals surface area contributed by atoms with Gasteiger partial charge in [0.25, 0.3) is 0 Å². The van der Waals surface area contributed by atoms with Crippen molar-refractivity contribution in [1.29, 1.82) is 0 Å². The third kappa shape index (κ3) is 2.44. The van der Waals surface area contributed by atoms with E-state index in [-0.39, 0.29) is 5.69 Å². The van der Waals surface area contributed by atoms with E-state index in [1.807, 2.05) is 24.3 Å². The largest absolute Gasteiger partial charge is 0.497 e. The van der Waals surface area contributed by atoms with E-state index < -0.39 is 5.97 Å². The molecule has 0 saturated heterocycles. The molecular formula is C12H12N2O3. The van der Waals surface area contributed by atoms with Crippen LogP contribution in [0.1, 0.15) is 16.1 Å². The van der Waals surface area contributed by atoms with Gasteiger partial charge in [-0.3, -0.25) is 4.68 Å². The van der Waals surface area contributed by atoms with Crippen molar-refractivity contribution in [3.63, 3.8) is 0 Å². The van der Waals surface area contributed by atoms with Gasteiger partial charge >= 0.3 is 5.97 Å². The van der Waals surface area contributed by atoms with E-state index in [2.05, 4.69) is 5.10 Å². The van der Waals surface area contributed by atoms with Crippen LogP contribution < -0.4 is 4.74 Å². The van der Waals surface area contributed by atoms with E-state index in [0.717, 1.165) is 11.3 Å². The molecule has 88 valence electrons. The van der Waals surface area contributed by atoms with Gasteiger partial charge in [0.1, 0.15) is 11.4 Å². The first-order valence-electron chi connectivity index (χ1n) is 5.09. The van der Waals surface area contributed by atoms with E-state index in [9.17, 15) is 4.79 Å². The lowest BCUT2D eigenvalue weighted by Crippen LogP contribution is -2.10. The molecule has 2 rings (SSSR count). The molecule has 5 nitrogen and oxygen atoms in total. The molecule has 0 atom stereocenters. The molecule has 0 aliphatic carbocycles. The van der Waals surface area contributed by atoms with Gasteiger partial charge < -0.3 is 9.84 Å². The maximum atomic E-state index is 10.9. The second-order valence-corrected chi connectivity index (χ2v) is 3.53. The van der Waals surface area contributed by atoms with Crippen LogP contribution in [0.15, 0.2) is 36.5 Å². The molecule has 1 aromatic heterocycles. The minimum Gasteiger partial charge on any atom is -0.497 e. The highest BCUT2D eigenvalue weighted by molar-refractivity contribution is 5.85. The monoisotopic (exact) mass is 232 g/mol. The fourth-order valence-electron chi connectivity index (χ4n) is 1.54. The van der Waals surface area contributed by atoms with Gasteiger partial charge in [0.15, 0.2) is 0 Å². The second-order valence-electron chi connectivity index (χ2n) is 3.53. The molecule has 0 radical (unpaired) electrons. The van der Waals surface area contributed by atoms with Gasteiger partial charge in [-0.25, -0.2) is 4.79 Å². The Morgan fingerprint density at radius 3 is 2.65 bits per heavy atom. The topological polar surface area (TPSA) is 64.4 Å². The number of aromatic carboxylic acids is 1. The molecule has 0 spiro atoms. The number of carbonyl (C=O) groups is 1. The smallest absolute Gasteiger partial charge is 0.354 e. The van der Waals surface area contributed by atoms with Crippen molar-refractivity contribution in [3.8, 4) is 5.75 Å². The predicted molar refractivity (Wildman–Crippen MR) is 61.3 cm³/mol. The Kier molecular flexibility index (Phi) is 3.09. The normalized spacial score (nSPS) is 10.2. The lowest BCUT2D eigenvalue weighted by molar-refractivity contribution is 0.0684.